The van der Waals surface area contributed by atoms with Crippen LogP contribution in [0.15, 0.2) is 11.6 Å². The molecular weight excluding hydrogens is 436 g/mol. The summed E-state index contributed by atoms with van der Waals surface area (Å²) in [5, 5.41) is 22.0. The van der Waals surface area contributed by atoms with Crippen molar-refractivity contribution in [3.05, 3.63) is 11.6 Å². The van der Waals surface area contributed by atoms with Gasteiger partial charge in [-0.15, -0.1) is 0 Å². The summed E-state index contributed by atoms with van der Waals surface area (Å²) in [6.07, 6.45) is 8.17. The molecule has 2 bridgehead atoms. The molecule has 3 saturated carbocycles. The average Bonchev–Trinajstić information content (AvgIpc) is 2.77. The first-order valence-corrected chi connectivity index (χ1v) is 14.4. The van der Waals surface area contributed by atoms with Crippen molar-refractivity contribution >= 4 is 5.97 Å². The minimum atomic E-state index is -0.604. The number of ether oxygens (including phenoxy) is 1. The van der Waals surface area contributed by atoms with Crippen LogP contribution in [0.5, 0.6) is 0 Å². The zero-order valence-electron chi connectivity index (χ0n) is 23.5. The molecule has 0 spiro atoms. The van der Waals surface area contributed by atoms with Crippen LogP contribution in [0, 0.1) is 62.6 Å². The Kier molecular flexibility index (Phi) is 5.76. The standard InChI is InChI=1S/C31H50O4/c1-18(2)19(3)27(5)13-14-29(7)21-9-10-24-28(6)16-35-17-31(24,15-23(32)20(28)4)22(21)11-12-30(29,8)25(27)26(33)34/h11,18-21,23-25,32H,9-10,12-17H2,1-8H3,(H,33,34)/t19-,20+,21+,23-,24+,25-,27-,28+,29-,30+,31+/m1/s1. The van der Waals surface area contributed by atoms with Crippen LogP contribution in [0.4, 0.5) is 0 Å². The molecule has 1 heterocycles. The molecule has 4 heteroatoms. The van der Waals surface area contributed by atoms with E-state index in [1.807, 2.05) is 0 Å². The number of allylic oxidation sites excluding steroid dienone is 1. The fourth-order valence-electron chi connectivity index (χ4n) is 10.8. The Hall–Kier alpha value is -0.870. The third-order valence-corrected chi connectivity index (χ3v) is 13.7. The summed E-state index contributed by atoms with van der Waals surface area (Å²) in [6, 6.07) is 0. The van der Waals surface area contributed by atoms with Crippen molar-refractivity contribution < 1.29 is 19.7 Å². The summed E-state index contributed by atoms with van der Waals surface area (Å²) in [6.45, 7) is 19.8. The van der Waals surface area contributed by atoms with Gasteiger partial charge in [0.15, 0.2) is 0 Å². The predicted molar refractivity (Wildman–Crippen MR) is 139 cm³/mol. The maximum Gasteiger partial charge on any atom is 0.307 e. The number of fused-ring (bicyclic) bond motifs is 3. The lowest BCUT2D eigenvalue weighted by molar-refractivity contribution is -0.235. The molecule has 0 aromatic carbocycles. The molecule has 0 amide bonds. The van der Waals surface area contributed by atoms with Gasteiger partial charge in [-0.25, -0.2) is 0 Å². The van der Waals surface area contributed by atoms with Gasteiger partial charge >= 0.3 is 5.97 Å². The van der Waals surface area contributed by atoms with Crippen molar-refractivity contribution in [1.82, 2.24) is 0 Å². The van der Waals surface area contributed by atoms with E-state index >= 15 is 0 Å². The highest BCUT2D eigenvalue weighted by atomic mass is 16.5. The van der Waals surface area contributed by atoms with E-state index in [-0.39, 0.29) is 45.0 Å². The third kappa shape index (κ3) is 3.02. The number of aliphatic carboxylic acids is 1. The van der Waals surface area contributed by atoms with Crippen molar-refractivity contribution in [2.75, 3.05) is 13.2 Å². The number of hydrogen-bond donors (Lipinski definition) is 2. The van der Waals surface area contributed by atoms with E-state index in [9.17, 15) is 15.0 Å². The monoisotopic (exact) mass is 486 g/mol. The highest BCUT2D eigenvalue weighted by Gasteiger charge is 2.71. The lowest BCUT2D eigenvalue weighted by atomic mass is 9.34. The van der Waals surface area contributed by atoms with Gasteiger partial charge in [-0.3, -0.25) is 4.79 Å². The zero-order chi connectivity index (χ0) is 25.8. The van der Waals surface area contributed by atoms with Crippen LogP contribution in [0.3, 0.4) is 0 Å². The van der Waals surface area contributed by atoms with Crippen molar-refractivity contribution in [3.63, 3.8) is 0 Å². The van der Waals surface area contributed by atoms with Gasteiger partial charge in [0.2, 0.25) is 0 Å². The van der Waals surface area contributed by atoms with Crippen molar-refractivity contribution in [2.45, 2.75) is 100 Å². The van der Waals surface area contributed by atoms with Crippen LogP contribution in [0.1, 0.15) is 93.9 Å². The van der Waals surface area contributed by atoms with E-state index < -0.39 is 5.97 Å². The Morgan fingerprint density at radius 3 is 2.37 bits per heavy atom. The number of carbonyl (C=O) groups is 1. The summed E-state index contributed by atoms with van der Waals surface area (Å²) in [4.78, 5) is 13.1. The first kappa shape index (κ1) is 25.8. The second-order valence-electron chi connectivity index (χ2n) is 14.9. The van der Waals surface area contributed by atoms with E-state index in [1.54, 1.807) is 0 Å². The van der Waals surface area contributed by atoms with Gasteiger partial charge in [-0.2, -0.15) is 0 Å². The normalized spacial score (nSPS) is 54.2. The van der Waals surface area contributed by atoms with E-state index in [4.69, 9.17) is 4.74 Å². The smallest absolute Gasteiger partial charge is 0.307 e. The quantitative estimate of drug-likeness (QED) is 0.443. The predicted octanol–water partition coefficient (Wildman–Crippen LogP) is 6.57. The summed E-state index contributed by atoms with van der Waals surface area (Å²) < 4.78 is 6.37. The maximum absolute atomic E-state index is 13.1. The van der Waals surface area contributed by atoms with Gasteiger partial charge in [0, 0.05) is 5.41 Å². The second-order valence-corrected chi connectivity index (χ2v) is 14.9. The summed E-state index contributed by atoms with van der Waals surface area (Å²) in [7, 11) is 0. The van der Waals surface area contributed by atoms with Crippen molar-refractivity contribution in [3.8, 4) is 0 Å². The Balaban J connectivity index is 1.62. The average molecular weight is 487 g/mol. The molecule has 4 fully saturated rings. The number of hydrogen-bond acceptors (Lipinski definition) is 3. The number of aliphatic hydroxyl groups excluding tert-OH is 1. The lowest BCUT2D eigenvalue weighted by Gasteiger charge is -2.71. The van der Waals surface area contributed by atoms with Crippen LogP contribution >= 0.6 is 0 Å². The molecular formula is C31H50O4. The Morgan fingerprint density at radius 2 is 1.74 bits per heavy atom. The van der Waals surface area contributed by atoms with Gasteiger partial charge in [0.05, 0.1) is 25.2 Å². The van der Waals surface area contributed by atoms with Crippen LogP contribution in [-0.4, -0.2) is 35.5 Å². The van der Waals surface area contributed by atoms with E-state index in [0.29, 0.717) is 23.7 Å². The number of carboxylic acids is 1. The molecule has 0 radical (unpaired) electrons. The number of aliphatic hydroxyl groups is 1. The fraction of sp³-hybridized carbons (Fsp3) is 0.903. The molecule has 4 aliphatic carbocycles. The lowest BCUT2D eigenvalue weighted by Crippen LogP contribution is -2.68. The Morgan fingerprint density at radius 1 is 1.06 bits per heavy atom. The van der Waals surface area contributed by atoms with Gasteiger partial charge in [0.25, 0.3) is 0 Å². The summed E-state index contributed by atoms with van der Waals surface area (Å²) in [5.74, 6) is 1.02. The Labute approximate surface area is 213 Å². The molecule has 5 aliphatic rings. The highest BCUT2D eigenvalue weighted by molar-refractivity contribution is 5.73. The summed E-state index contributed by atoms with van der Waals surface area (Å²) >= 11 is 0. The van der Waals surface area contributed by atoms with Gasteiger partial charge < -0.3 is 14.9 Å². The van der Waals surface area contributed by atoms with Gasteiger partial charge in [0.1, 0.15) is 0 Å². The zero-order valence-corrected chi connectivity index (χ0v) is 23.5. The molecule has 198 valence electrons. The minimum Gasteiger partial charge on any atom is -0.481 e. The molecule has 0 unspecified atom stereocenters. The highest BCUT2D eigenvalue weighted by Crippen LogP contribution is 2.75. The SMILES string of the molecule is CC(C)[C@@H](C)[C@@]1(C)CC[C@]2(C)[C@H]3CC[C@@H]4[C@@]5(COC[C@@]4(C)[C@@H](C)[C@H](O)C5)C3=CC[C@@]2(C)[C@@H]1C(=O)O. The van der Waals surface area contributed by atoms with Gasteiger partial charge in [-0.1, -0.05) is 67.0 Å². The summed E-state index contributed by atoms with van der Waals surface area (Å²) in [5.41, 5.74) is 0.888. The molecule has 1 aliphatic heterocycles. The van der Waals surface area contributed by atoms with E-state index in [1.165, 1.54) is 12.0 Å². The van der Waals surface area contributed by atoms with Crippen LogP contribution in [0.25, 0.3) is 0 Å². The van der Waals surface area contributed by atoms with E-state index in [2.05, 4.69) is 61.5 Å². The molecule has 0 aromatic heterocycles. The minimum absolute atomic E-state index is 0.00478. The number of carboxylic acid groups (broad SMARTS) is 1. The molecule has 2 N–H and O–H groups in total. The Bertz CT molecular complexity index is 925. The maximum atomic E-state index is 13.1. The molecule has 0 aromatic rings. The van der Waals surface area contributed by atoms with Crippen molar-refractivity contribution in [1.29, 1.82) is 0 Å². The van der Waals surface area contributed by atoms with Crippen LogP contribution in [-0.2, 0) is 9.53 Å². The molecule has 4 nitrogen and oxygen atoms in total. The van der Waals surface area contributed by atoms with Crippen LogP contribution in [0.2, 0.25) is 0 Å². The molecule has 35 heavy (non-hydrogen) atoms. The van der Waals surface area contributed by atoms with Crippen molar-refractivity contribution in [2.24, 2.45) is 62.6 Å². The molecule has 1 saturated heterocycles. The largest absolute Gasteiger partial charge is 0.481 e. The van der Waals surface area contributed by atoms with Gasteiger partial charge in [-0.05, 0) is 89.8 Å². The first-order chi connectivity index (χ1) is 16.2. The van der Waals surface area contributed by atoms with E-state index in [0.717, 1.165) is 45.3 Å². The van der Waals surface area contributed by atoms with Crippen LogP contribution < -0.4 is 0 Å². The topological polar surface area (TPSA) is 66.8 Å². The molecule has 11 atom stereocenters. The fourth-order valence-corrected chi connectivity index (χ4v) is 10.8. The second kappa shape index (κ2) is 7.82. The molecule has 5 rings (SSSR count). The third-order valence-electron chi connectivity index (χ3n) is 13.7. The first-order valence-electron chi connectivity index (χ1n) is 14.4. The number of rotatable bonds is 3.